The van der Waals surface area contributed by atoms with Crippen molar-refractivity contribution in [1.82, 2.24) is 16.0 Å². The first-order valence-corrected chi connectivity index (χ1v) is 8.80. The number of rotatable bonds is 8. The number of hydrogen-bond donors (Lipinski definition) is 3. The van der Waals surface area contributed by atoms with Gasteiger partial charge in [-0.1, -0.05) is 6.07 Å². The van der Waals surface area contributed by atoms with E-state index in [0.717, 1.165) is 18.6 Å². The second kappa shape index (κ2) is 8.94. The maximum atomic E-state index is 11.7. The molecule has 2 aromatic rings. The van der Waals surface area contributed by atoms with Gasteiger partial charge in [0.25, 0.3) is 5.91 Å². The van der Waals surface area contributed by atoms with E-state index >= 15 is 0 Å². The van der Waals surface area contributed by atoms with E-state index in [1.807, 2.05) is 6.07 Å². The van der Waals surface area contributed by atoms with Crippen LogP contribution < -0.4 is 20.7 Å². The monoisotopic (exact) mass is 357 g/mol. The number of urea groups is 1. The highest BCUT2D eigenvalue weighted by Gasteiger charge is 2.11. The van der Waals surface area contributed by atoms with Gasteiger partial charge in [0.2, 0.25) is 0 Å². The van der Waals surface area contributed by atoms with Crippen molar-refractivity contribution in [3.63, 3.8) is 0 Å². The number of furan rings is 1. The minimum Gasteiger partial charge on any atom is -0.492 e. The van der Waals surface area contributed by atoms with Gasteiger partial charge in [0.1, 0.15) is 12.4 Å². The van der Waals surface area contributed by atoms with Crippen molar-refractivity contribution in [2.75, 3.05) is 26.2 Å². The van der Waals surface area contributed by atoms with E-state index in [0.29, 0.717) is 26.2 Å². The molecule has 3 amide bonds. The summed E-state index contributed by atoms with van der Waals surface area (Å²) in [7, 11) is 0. The van der Waals surface area contributed by atoms with Crippen LogP contribution in [0.25, 0.3) is 0 Å². The summed E-state index contributed by atoms with van der Waals surface area (Å²) < 4.78 is 10.6. The molecule has 1 aliphatic rings. The van der Waals surface area contributed by atoms with Gasteiger partial charge < -0.3 is 25.1 Å². The van der Waals surface area contributed by atoms with Crippen LogP contribution in [-0.4, -0.2) is 38.2 Å². The Bertz CT molecular complexity index is 743. The van der Waals surface area contributed by atoms with Gasteiger partial charge >= 0.3 is 6.03 Å². The Morgan fingerprint density at radius 3 is 2.65 bits per heavy atom. The van der Waals surface area contributed by atoms with Crippen LogP contribution >= 0.6 is 0 Å². The van der Waals surface area contributed by atoms with Gasteiger partial charge in [-0.05, 0) is 54.7 Å². The number of carbonyl (C=O) groups is 2. The number of carbonyl (C=O) groups excluding carboxylic acids is 2. The predicted molar refractivity (Wildman–Crippen MR) is 96.4 cm³/mol. The molecule has 0 unspecified atom stereocenters. The molecule has 26 heavy (non-hydrogen) atoms. The molecule has 1 aliphatic carbocycles. The lowest BCUT2D eigenvalue weighted by Gasteiger charge is -2.10. The van der Waals surface area contributed by atoms with Crippen LogP contribution in [0.1, 0.15) is 28.1 Å². The summed E-state index contributed by atoms with van der Waals surface area (Å²) in [6.07, 6.45) is 4.91. The average Bonchev–Trinajstić information content (AvgIpc) is 3.33. The topological polar surface area (TPSA) is 92.6 Å². The zero-order valence-electron chi connectivity index (χ0n) is 14.5. The molecule has 0 spiro atoms. The molecule has 0 bridgehead atoms. The van der Waals surface area contributed by atoms with Crippen molar-refractivity contribution in [2.24, 2.45) is 0 Å². The molecular formula is C19H23N3O4. The van der Waals surface area contributed by atoms with Crippen molar-refractivity contribution in [1.29, 1.82) is 0 Å². The molecule has 1 aromatic heterocycles. The predicted octanol–water partition coefficient (Wildman–Crippen LogP) is 1.88. The van der Waals surface area contributed by atoms with E-state index < -0.39 is 0 Å². The minimum absolute atomic E-state index is 0.248. The van der Waals surface area contributed by atoms with Gasteiger partial charge in [-0.15, -0.1) is 0 Å². The van der Waals surface area contributed by atoms with E-state index in [4.69, 9.17) is 9.15 Å². The quantitative estimate of drug-likeness (QED) is 0.629. The lowest BCUT2D eigenvalue weighted by atomic mass is 10.1. The molecule has 138 valence electrons. The van der Waals surface area contributed by atoms with E-state index in [9.17, 15) is 9.59 Å². The van der Waals surface area contributed by atoms with E-state index in [2.05, 4.69) is 28.1 Å². The second-order valence-electron chi connectivity index (χ2n) is 6.05. The summed E-state index contributed by atoms with van der Waals surface area (Å²) in [5.41, 5.74) is 2.78. The Kier molecular flexibility index (Phi) is 6.14. The van der Waals surface area contributed by atoms with Crippen LogP contribution in [0.2, 0.25) is 0 Å². The molecule has 0 radical (unpaired) electrons. The van der Waals surface area contributed by atoms with Crippen molar-refractivity contribution < 1.29 is 18.7 Å². The molecule has 0 aliphatic heterocycles. The number of hydrogen-bond acceptors (Lipinski definition) is 4. The summed E-state index contributed by atoms with van der Waals surface area (Å²) in [5.74, 6) is 0.784. The zero-order valence-corrected chi connectivity index (χ0v) is 14.5. The fourth-order valence-corrected chi connectivity index (χ4v) is 2.88. The first kappa shape index (κ1) is 17.8. The highest BCUT2D eigenvalue weighted by Crippen LogP contribution is 2.25. The lowest BCUT2D eigenvalue weighted by molar-refractivity contribution is 0.0926. The van der Waals surface area contributed by atoms with E-state index in [1.165, 1.54) is 23.8 Å². The Balaban J connectivity index is 1.24. The third-order valence-electron chi connectivity index (χ3n) is 4.17. The zero-order chi connectivity index (χ0) is 18.2. The molecule has 0 saturated carbocycles. The molecule has 7 nitrogen and oxygen atoms in total. The Morgan fingerprint density at radius 2 is 1.81 bits per heavy atom. The largest absolute Gasteiger partial charge is 0.492 e. The Hall–Kier alpha value is -2.96. The van der Waals surface area contributed by atoms with Gasteiger partial charge in [0.05, 0.1) is 12.8 Å². The fraction of sp³-hybridized carbons (Fsp3) is 0.368. The normalized spacial score (nSPS) is 12.3. The van der Waals surface area contributed by atoms with E-state index in [1.54, 1.807) is 12.1 Å². The number of ether oxygens (including phenoxy) is 1. The molecule has 1 aromatic carbocycles. The van der Waals surface area contributed by atoms with Crippen molar-refractivity contribution in [3.05, 3.63) is 53.5 Å². The highest BCUT2D eigenvalue weighted by molar-refractivity contribution is 5.91. The molecule has 3 N–H and O–H groups in total. The van der Waals surface area contributed by atoms with E-state index in [-0.39, 0.29) is 17.7 Å². The molecule has 0 fully saturated rings. The van der Waals surface area contributed by atoms with Crippen LogP contribution in [0.15, 0.2) is 41.0 Å². The van der Waals surface area contributed by atoms with Crippen LogP contribution in [0.5, 0.6) is 5.75 Å². The van der Waals surface area contributed by atoms with Crippen molar-refractivity contribution in [3.8, 4) is 5.75 Å². The standard InChI is InChI=1S/C19H23N3O4/c23-18(17-5-2-11-26-17)20-8-9-21-19(24)22-10-12-25-16-7-6-14-3-1-4-15(14)13-16/h2,5-7,11,13H,1,3-4,8-10,12H2,(H,20,23)(H2,21,22,24). The molecular weight excluding hydrogens is 334 g/mol. The van der Waals surface area contributed by atoms with Crippen LogP contribution in [-0.2, 0) is 12.8 Å². The Labute approximate surface area is 152 Å². The first-order chi connectivity index (χ1) is 12.7. The molecule has 0 atom stereocenters. The van der Waals surface area contributed by atoms with Gasteiger partial charge in [-0.25, -0.2) is 4.79 Å². The molecule has 3 rings (SSSR count). The Morgan fingerprint density at radius 1 is 1.00 bits per heavy atom. The maximum absolute atomic E-state index is 11.7. The lowest BCUT2D eigenvalue weighted by Crippen LogP contribution is -2.41. The summed E-state index contributed by atoms with van der Waals surface area (Å²) in [4.78, 5) is 23.3. The van der Waals surface area contributed by atoms with Crippen LogP contribution in [0, 0.1) is 0 Å². The van der Waals surface area contributed by atoms with Crippen molar-refractivity contribution in [2.45, 2.75) is 19.3 Å². The number of aryl methyl sites for hydroxylation is 2. The van der Waals surface area contributed by atoms with Crippen molar-refractivity contribution >= 4 is 11.9 Å². The number of benzene rings is 1. The summed E-state index contributed by atoms with van der Waals surface area (Å²) in [5, 5.41) is 8.03. The fourth-order valence-electron chi connectivity index (χ4n) is 2.88. The maximum Gasteiger partial charge on any atom is 0.314 e. The minimum atomic E-state index is -0.306. The van der Waals surface area contributed by atoms with Crippen LogP contribution in [0.4, 0.5) is 4.79 Å². The second-order valence-corrected chi connectivity index (χ2v) is 6.05. The van der Waals surface area contributed by atoms with Gasteiger partial charge in [0.15, 0.2) is 5.76 Å². The highest BCUT2D eigenvalue weighted by atomic mass is 16.5. The average molecular weight is 357 g/mol. The molecule has 1 heterocycles. The SMILES string of the molecule is O=C(NCCNC(=O)c1ccco1)NCCOc1ccc2c(c1)CCC2. The summed E-state index contributed by atoms with van der Waals surface area (Å²) in [6.45, 7) is 1.45. The summed E-state index contributed by atoms with van der Waals surface area (Å²) in [6, 6.07) is 9.11. The molecule has 7 heteroatoms. The van der Waals surface area contributed by atoms with Gasteiger partial charge in [-0.2, -0.15) is 0 Å². The molecule has 0 saturated heterocycles. The number of nitrogens with one attached hydrogen (secondary N) is 3. The third-order valence-corrected chi connectivity index (χ3v) is 4.17. The van der Waals surface area contributed by atoms with Crippen LogP contribution in [0.3, 0.4) is 0 Å². The van der Waals surface area contributed by atoms with Gasteiger partial charge in [-0.3, -0.25) is 4.79 Å². The van der Waals surface area contributed by atoms with Gasteiger partial charge in [0, 0.05) is 13.1 Å². The smallest absolute Gasteiger partial charge is 0.314 e. The number of amides is 3. The first-order valence-electron chi connectivity index (χ1n) is 8.80. The number of fused-ring (bicyclic) bond motifs is 1. The summed E-state index contributed by atoms with van der Waals surface area (Å²) >= 11 is 0. The third kappa shape index (κ3) is 5.02.